The van der Waals surface area contributed by atoms with Gasteiger partial charge in [-0.2, -0.15) is 0 Å². The summed E-state index contributed by atoms with van der Waals surface area (Å²) in [7, 11) is 0. The van der Waals surface area contributed by atoms with Crippen molar-refractivity contribution in [2.24, 2.45) is 10.7 Å². The van der Waals surface area contributed by atoms with Crippen LogP contribution in [-0.4, -0.2) is 28.5 Å². The molecular formula is C14H23N5. The average molecular weight is 261 g/mol. The molecule has 1 aliphatic rings. The molecule has 0 bridgehead atoms. The Bertz CT molecular complexity index is 382. The lowest BCUT2D eigenvalue weighted by Gasteiger charge is -2.16. The maximum absolute atomic E-state index is 5.92. The Morgan fingerprint density at radius 2 is 2.05 bits per heavy atom. The van der Waals surface area contributed by atoms with Crippen molar-refractivity contribution in [3.8, 4) is 0 Å². The first-order chi connectivity index (χ1) is 9.34. The quantitative estimate of drug-likeness (QED) is 0.491. The van der Waals surface area contributed by atoms with Crippen LogP contribution in [0.4, 0.5) is 0 Å². The Morgan fingerprint density at radius 3 is 2.74 bits per heavy atom. The largest absolute Gasteiger partial charge is 0.370 e. The van der Waals surface area contributed by atoms with Gasteiger partial charge >= 0.3 is 0 Å². The molecule has 0 amide bonds. The molecule has 0 saturated heterocycles. The summed E-state index contributed by atoms with van der Waals surface area (Å²) in [6.45, 7) is 0.657. The molecule has 0 radical (unpaired) electrons. The Kier molecular flexibility index (Phi) is 5.59. The van der Waals surface area contributed by atoms with Gasteiger partial charge in [-0.3, -0.25) is 15.0 Å². The number of aliphatic imine (C=N–C) groups is 1. The number of hydrogen-bond acceptors (Lipinski definition) is 3. The van der Waals surface area contributed by atoms with Crippen LogP contribution in [0.1, 0.15) is 44.2 Å². The van der Waals surface area contributed by atoms with E-state index < -0.39 is 0 Å². The lowest BCUT2D eigenvalue weighted by molar-refractivity contribution is 0.530. The second-order valence-corrected chi connectivity index (χ2v) is 5.05. The predicted octanol–water partition coefficient (Wildman–Crippen LogP) is 1.65. The topological polar surface area (TPSA) is 76.2 Å². The standard InChI is InChI=1S/C14H23N5/c15-14(19-12-5-3-1-2-4-6-12)18-8-7-13-11-16-9-10-17-13/h9-12H,1-8H2,(H3,15,18,19). The van der Waals surface area contributed by atoms with E-state index in [4.69, 9.17) is 5.73 Å². The molecule has 2 rings (SSSR count). The van der Waals surface area contributed by atoms with Gasteiger partial charge in [-0.25, -0.2) is 0 Å². The first-order valence-electron chi connectivity index (χ1n) is 7.16. The van der Waals surface area contributed by atoms with Gasteiger partial charge < -0.3 is 11.1 Å². The fourth-order valence-electron chi connectivity index (χ4n) is 2.43. The summed E-state index contributed by atoms with van der Waals surface area (Å²) in [6, 6.07) is 0.503. The third kappa shape index (κ3) is 5.24. The third-order valence-electron chi connectivity index (χ3n) is 3.47. The zero-order valence-electron chi connectivity index (χ0n) is 11.4. The Balaban J connectivity index is 1.72. The predicted molar refractivity (Wildman–Crippen MR) is 76.9 cm³/mol. The van der Waals surface area contributed by atoms with E-state index >= 15 is 0 Å². The lowest BCUT2D eigenvalue weighted by Crippen LogP contribution is -2.40. The van der Waals surface area contributed by atoms with Crippen LogP contribution >= 0.6 is 0 Å². The van der Waals surface area contributed by atoms with E-state index in [1.807, 2.05) is 0 Å². The Morgan fingerprint density at radius 1 is 1.26 bits per heavy atom. The van der Waals surface area contributed by atoms with Crippen LogP contribution in [0, 0.1) is 0 Å². The molecule has 0 unspecified atom stereocenters. The van der Waals surface area contributed by atoms with Gasteiger partial charge in [0.15, 0.2) is 5.96 Å². The van der Waals surface area contributed by atoms with E-state index in [-0.39, 0.29) is 0 Å². The van der Waals surface area contributed by atoms with Crippen LogP contribution in [0.5, 0.6) is 0 Å². The summed E-state index contributed by atoms with van der Waals surface area (Å²) >= 11 is 0. The van der Waals surface area contributed by atoms with Gasteiger partial charge in [0.1, 0.15) is 0 Å². The Labute approximate surface area is 114 Å². The molecule has 3 N–H and O–H groups in total. The summed E-state index contributed by atoms with van der Waals surface area (Å²) in [6.07, 6.45) is 13.6. The van der Waals surface area contributed by atoms with E-state index in [0.29, 0.717) is 18.5 Å². The molecule has 0 atom stereocenters. The monoisotopic (exact) mass is 261 g/mol. The van der Waals surface area contributed by atoms with E-state index in [9.17, 15) is 0 Å². The van der Waals surface area contributed by atoms with Gasteiger partial charge in [0.05, 0.1) is 5.69 Å². The van der Waals surface area contributed by atoms with Crippen molar-refractivity contribution in [2.75, 3.05) is 6.54 Å². The molecule has 1 heterocycles. The van der Waals surface area contributed by atoms with Crippen molar-refractivity contribution in [3.05, 3.63) is 24.3 Å². The molecule has 1 aliphatic carbocycles. The molecule has 1 aromatic rings. The fourth-order valence-corrected chi connectivity index (χ4v) is 2.43. The summed E-state index contributed by atoms with van der Waals surface area (Å²) < 4.78 is 0. The molecule has 1 saturated carbocycles. The molecule has 0 spiro atoms. The van der Waals surface area contributed by atoms with E-state index in [1.54, 1.807) is 18.6 Å². The Hall–Kier alpha value is -1.65. The molecule has 1 fully saturated rings. The first kappa shape index (κ1) is 13.8. The molecule has 0 aromatic carbocycles. The van der Waals surface area contributed by atoms with Gasteiger partial charge in [0.25, 0.3) is 0 Å². The number of nitrogens with two attached hydrogens (primary N) is 1. The van der Waals surface area contributed by atoms with Crippen molar-refractivity contribution < 1.29 is 0 Å². The van der Waals surface area contributed by atoms with Crippen molar-refractivity contribution in [1.82, 2.24) is 15.3 Å². The zero-order chi connectivity index (χ0) is 13.3. The fraction of sp³-hybridized carbons (Fsp3) is 0.643. The van der Waals surface area contributed by atoms with E-state index in [0.717, 1.165) is 12.1 Å². The van der Waals surface area contributed by atoms with Gasteiger partial charge in [-0.1, -0.05) is 25.7 Å². The number of rotatable bonds is 4. The van der Waals surface area contributed by atoms with Gasteiger partial charge in [-0.05, 0) is 12.8 Å². The summed E-state index contributed by atoms with van der Waals surface area (Å²) in [4.78, 5) is 12.6. The van der Waals surface area contributed by atoms with Crippen LogP contribution in [0.2, 0.25) is 0 Å². The van der Waals surface area contributed by atoms with Gasteiger partial charge in [-0.15, -0.1) is 0 Å². The first-order valence-corrected chi connectivity index (χ1v) is 7.16. The second-order valence-electron chi connectivity index (χ2n) is 5.05. The normalized spacial score (nSPS) is 18.0. The summed E-state index contributed by atoms with van der Waals surface area (Å²) in [5.41, 5.74) is 6.87. The summed E-state index contributed by atoms with van der Waals surface area (Å²) in [5.74, 6) is 0.566. The zero-order valence-corrected chi connectivity index (χ0v) is 11.4. The minimum Gasteiger partial charge on any atom is -0.370 e. The number of hydrogen-bond donors (Lipinski definition) is 2. The van der Waals surface area contributed by atoms with Gasteiger partial charge in [0, 0.05) is 37.6 Å². The molecule has 19 heavy (non-hydrogen) atoms. The van der Waals surface area contributed by atoms with Gasteiger partial charge in [0.2, 0.25) is 0 Å². The van der Waals surface area contributed by atoms with Crippen LogP contribution in [0.3, 0.4) is 0 Å². The molecule has 1 aromatic heterocycles. The van der Waals surface area contributed by atoms with Crippen molar-refractivity contribution in [1.29, 1.82) is 0 Å². The molecule has 104 valence electrons. The van der Waals surface area contributed by atoms with Crippen LogP contribution in [0.15, 0.2) is 23.6 Å². The smallest absolute Gasteiger partial charge is 0.188 e. The maximum atomic E-state index is 5.92. The van der Waals surface area contributed by atoms with Crippen molar-refractivity contribution >= 4 is 5.96 Å². The number of aromatic nitrogens is 2. The third-order valence-corrected chi connectivity index (χ3v) is 3.47. The van der Waals surface area contributed by atoms with Crippen LogP contribution in [-0.2, 0) is 6.42 Å². The van der Waals surface area contributed by atoms with Crippen molar-refractivity contribution in [3.63, 3.8) is 0 Å². The van der Waals surface area contributed by atoms with E-state index in [2.05, 4.69) is 20.3 Å². The number of guanidine groups is 1. The maximum Gasteiger partial charge on any atom is 0.188 e. The second kappa shape index (κ2) is 7.71. The number of nitrogens with zero attached hydrogens (tertiary/aromatic N) is 3. The molecular weight excluding hydrogens is 238 g/mol. The highest BCUT2D eigenvalue weighted by molar-refractivity contribution is 5.78. The minimum atomic E-state index is 0.503. The highest BCUT2D eigenvalue weighted by Gasteiger charge is 2.11. The highest BCUT2D eigenvalue weighted by Crippen LogP contribution is 2.16. The number of nitrogens with one attached hydrogen (secondary N) is 1. The molecule has 5 heteroatoms. The van der Waals surface area contributed by atoms with Crippen LogP contribution in [0.25, 0.3) is 0 Å². The average Bonchev–Trinajstić information content (AvgIpc) is 2.68. The molecule has 5 nitrogen and oxygen atoms in total. The van der Waals surface area contributed by atoms with Crippen molar-refractivity contribution in [2.45, 2.75) is 51.0 Å². The molecule has 0 aliphatic heterocycles. The van der Waals surface area contributed by atoms with Crippen LogP contribution < -0.4 is 11.1 Å². The highest BCUT2D eigenvalue weighted by atomic mass is 15.1. The summed E-state index contributed by atoms with van der Waals surface area (Å²) in [5, 5.41) is 3.34. The SMILES string of the molecule is NC(=NCCc1cnccn1)NC1CCCCCC1. The lowest BCUT2D eigenvalue weighted by atomic mass is 10.1. The minimum absolute atomic E-state index is 0.503. The van der Waals surface area contributed by atoms with E-state index in [1.165, 1.54) is 38.5 Å².